The Morgan fingerprint density at radius 2 is 1.81 bits per heavy atom. The van der Waals surface area contributed by atoms with Crippen LogP contribution in [0.1, 0.15) is 16.4 Å². The maximum Gasteiger partial charge on any atom is 0.416 e. The SMILES string of the molecule is FC(F)(F)c1ccc(SC(Cn2ccnc2)c2ccc(Cl)cc2Cl)cc1. The third kappa shape index (κ3) is 4.75. The van der Waals surface area contributed by atoms with Crippen LogP contribution in [0.15, 0.2) is 66.1 Å². The monoisotopic (exact) mass is 416 g/mol. The topological polar surface area (TPSA) is 17.8 Å². The fourth-order valence-electron chi connectivity index (χ4n) is 2.43. The fraction of sp³-hybridized carbons (Fsp3) is 0.167. The van der Waals surface area contributed by atoms with E-state index in [4.69, 9.17) is 23.2 Å². The van der Waals surface area contributed by atoms with Crippen molar-refractivity contribution >= 4 is 35.0 Å². The van der Waals surface area contributed by atoms with Crippen LogP contribution in [0.4, 0.5) is 13.2 Å². The lowest BCUT2D eigenvalue weighted by Gasteiger charge is -2.19. The average molecular weight is 417 g/mol. The molecule has 0 fully saturated rings. The van der Waals surface area contributed by atoms with E-state index in [0.717, 1.165) is 17.7 Å². The zero-order valence-electron chi connectivity index (χ0n) is 13.3. The van der Waals surface area contributed by atoms with Crippen molar-refractivity contribution in [1.29, 1.82) is 0 Å². The molecule has 0 radical (unpaired) electrons. The van der Waals surface area contributed by atoms with Crippen molar-refractivity contribution in [2.45, 2.75) is 22.9 Å². The Morgan fingerprint density at radius 3 is 2.38 bits per heavy atom. The lowest BCUT2D eigenvalue weighted by Crippen LogP contribution is -2.06. The molecule has 136 valence electrons. The maximum atomic E-state index is 12.7. The standard InChI is InChI=1S/C18H13Cl2F3N2S/c19-13-3-6-15(16(20)9-13)17(10-25-8-7-24-11-25)26-14-4-1-12(2-5-14)18(21,22)23/h1-9,11,17H,10H2. The predicted octanol–water partition coefficient (Wildman–Crippen LogP) is 6.74. The van der Waals surface area contributed by atoms with Gasteiger partial charge in [-0.3, -0.25) is 0 Å². The molecule has 1 atom stereocenters. The molecule has 0 amide bonds. The molecule has 0 aliphatic carbocycles. The van der Waals surface area contributed by atoms with Gasteiger partial charge in [-0.25, -0.2) is 4.98 Å². The first kappa shape index (κ1) is 19.1. The van der Waals surface area contributed by atoms with Crippen molar-refractivity contribution < 1.29 is 13.2 Å². The Balaban J connectivity index is 1.88. The normalized spacial score (nSPS) is 13.0. The summed E-state index contributed by atoms with van der Waals surface area (Å²) in [5, 5.41) is 0.924. The highest BCUT2D eigenvalue weighted by molar-refractivity contribution is 7.99. The second kappa shape index (κ2) is 7.94. The Kier molecular flexibility index (Phi) is 5.85. The first-order valence-corrected chi connectivity index (χ1v) is 9.21. The second-order valence-corrected chi connectivity index (χ2v) is 7.67. The minimum atomic E-state index is -4.35. The molecule has 1 unspecified atom stereocenters. The lowest BCUT2D eigenvalue weighted by molar-refractivity contribution is -0.137. The molecule has 0 bridgehead atoms. The molecule has 26 heavy (non-hydrogen) atoms. The van der Waals surface area contributed by atoms with Crippen LogP contribution in [0.25, 0.3) is 0 Å². The average Bonchev–Trinajstić information content (AvgIpc) is 3.07. The molecule has 1 heterocycles. The van der Waals surface area contributed by atoms with E-state index in [1.54, 1.807) is 24.7 Å². The van der Waals surface area contributed by atoms with Gasteiger partial charge in [-0.1, -0.05) is 29.3 Å². The maximum absolute atomic E-state index is 12.7. The van der Waals surface area contributed by atoms with E-state index in [1.165, 1.54) is 23.9 Å². The Labute approximate surface area is 163 Å². The molecule has 0 spiro atoms. The van der Waals surface area contributed by atoms with E-state index in [2.05, 4.69) is 4.98 Å². The molecule has 0 aliphatic rings. The van der Waals surface area contributed by atoms with Crippen LogP contribution >= 0.6 is 35.0 Å². The summed E-state index contributed by atoms with van der Waals surface area (Å²) in [5.74, 6) is 0. The number of hydrogen-bond acceptors (Lipinski definition) is 2. The highest BCUT2D eigenvalue weighted by atomic mass is 35.5. The lowest BCUT2D eigenvalue weighted by atomic mass is 10.1. The Morgan fingerprint density at radius 1 is 1.08 bits per heavy atom. The van der Waals surface area contributed by atoms with E-state index in [9.17, 15) is 13.2 Å². The van der Waals surface area contributed by atoms with E-state index in [0.29, 0.717) is 21.5 Å². The third-order valence-corrected chi connectivity index (χ3v) is 5.50. The van der Waals surface area contributed by atoms with Gasteiger partial charge in [0, 0.05) is 33.9 Å². The van der Waals surface area contributed by atoms with Crippen molar-refractivity contribution in [2.75, 3.05) is 0 Å². The molecule has 3 aromatic rings. The molecule has 8 heteroatoms. The van der Waals surface area contributed by atoms with Crippen molar-refractivity contribution in [3.63, 3.8) is 0 Å². The van der Waals surface area contributed by atoms with Crippen LogP contribution in [-0.4, -0.2) is 9.55 Å². The van der Waals surface area contributed by atoms with E-state index in [-0.39, 0.29) is 5.25 Å². The number of halogens is 5. The largest absolute Gasteiger partial charge is 0.416 e. The second-order valence-electron chi connectivity index (χ2n) is 5.55. The minimum absolute atomic E-state index is 0.120. The summed E-state index contributed by atoms with van der Waals surface area (Å²) in [4.78, 5) is 4.74. The molecule has 2 nitrogen and oxygen atoms in total. The van der Waals surface area contributed by atoms with Crippen LogP contribution in [-0.2, 0) is 12.7 Å². The highest BCUT2D eigenvalue weighted by Gasteiger charge is 2.30. The summed E-state index contributed by atoms with van der Waals surface area (Å²) in [7, 11) is 0. The molecule has 3 rings (SSSR count). The molecule has 0 N–H and O–H groups in total. The number of hydrogen-bond donors (Lipinski definition) is 0. The molecular weight excluding hydrogens is 404 g/mol. The Bertz CT molecular complexity index is 865. The molecule has 2 aromatic carbocycles. The summed E-state index contributed by atoms with van der Waals surface area (Å²) in [5.41, 5.74) is 0.187. The number of rotatable bonds is 5. The molecular formula is C18H13Cl2F3N2S. The van der Waals surface area contributed by atoms with Gasteiger partial charge in [0.1, 0.15) is 0 Å². The summed E-state index contributed by atoms with van der Waals surface area (Å²) in [6, 6.07) is 10.4. The molecule has 0 saturated carbocycles. The Hall–Kier alpha value is -1.63. The first-order valence-electron chi connectivity index (χ1n) is 7.57. The zero-order valence-corrected chi connectivity index (χ0v) is 15.6. The number of thioether (sulfide) groups is 1. The number of aromatic nitrogens is 2. The van der Waals surface area contributed by atoms with Crippen LogP contribution in [0.3, 0.4) is 0 Å². The fourth-order valence-corrected chi connectivity index (χ4v) is 4.24. The number of alkyl halides is 3. The van der Waals surface area contributed by atoms with E-state index >= 15 is 0 Å². The van der Waals surface area contributed by atoms with Crippen molar-refractivity contribution in [3.8, 4) is 0 Å². The summed E-state index contributed by atoms with van der Waals surface area (Å²) >= 11 is 13.8. The first-order chi connectivity index (χ1) is 12.3. The van der Waals surface area contributed by atoms with Gasteiger partial charge in [-0.15, -0.1) is 11.8 Å². The number of imidazole rings is 1. The zero-order chi connectivity index (χ0) is 18.7. The van der Waals surface area contributed by atoms with Crippen LogP contribution in [0.5, 0.6) is 0 Å². The molecule has 1 aromatic heterocycles. The third-order valence-electron chi connectivity index (χ3n) is 3.71. The summed E-state index contributed by atoms with van der Waals surface area (Å²) < 4.78 is 40.1. The number of benzene rings is 2. The van der Waals surface area contributed by atoms with Crippen LogP contribution in [0, 0.1) is 0 Å². The van der Waals surface area contributed by atoms with Gasteiger partial charge in [0.05, 0.1) is 17.1 Å². The molecule has 0 aliphatic heterocycles. The van der Waals surface area contributed by atoms with Crippen LogP contribution in [0.2, 0.25) is 10.0 Å². The van der Waals surface area contributed by atoms with Crippen molar-refractivity contribution in [1.82, 2.24) is 9.55 Å². The van der Waals surface area contributed by atoms with Crippen molar-refractivity contribution in [3.05, 3.63) is 82.4 Å². The summed E-state index contributed by atoms with van der Waals surface area (Å²) in [6.07, 6.45) is 0.830. The minimum Gasteiger partial charge on any atom is -0.336 e. The van der Waals surface area contributed by atoms with Gasteiger partial charge in [0.25, 0.3) is 0 Å². The van der Waals surface area contributed by atoms with Crippen LogP contribution < -0.4 is 0 Å². The van der Waals surface area contributed by atoms with Gasteiger partial charge in [-0.2, -0.15) is 13.2 Å². The highest BCUT2D eigenvalue weighted by Crippen LogP contribution is 2.41. The predicted molar refractivity (Wildman–Crippen MR) is 98.7 cm³/mol. The van der Waals surface area contributed by atoms with Gasteiger partial charge in [-0.05, 0) is 42.0 Å². The van der Waals surface area contributed by atoms with E-state index in [1.807, 2.05) is 16.8 Å². The van der Waals surface area contributed by atoms with Gasteiger partial charge < -0.3 is 4.57 Å². The van der Waals surface area contributed by atoms with Gasteiger partial charge in [0.15, 0.2) is 0 Å². The quantitative estimate of drug-likeness (QED) is 0.428. The number of nitrogens with zero attached hydrogens (tertiary/aromatic N) is 2. The van der Waals surface area contributed by atoms with Gasteiger partial charge >= 0.3 is 6.18 Å². The van der Waals surface area contributed by atoms with E-state index < -0.39 is 11.7 Å². The van der Waals surface area contributed by atoms with Crippen molar-refractivity contribution in [2.24, 2.45) is 0 Å². The van der Waals surface area contributed by atoms with Gasteiger partial charge in [0.2, 0.25) is 0 Å². The smallest absolute Gasteiger partial charge is 0.336 e. The molecule has 0 saturated heterocycles. The summed E-state index contributed by atoms with van der Waals surface area (Å²) in [6.45, 7) is 0.563.